The van der Waals surface area contributed by atoms with Crippen LogP contribution in [0.5, 0.6) is 11.5 Å². The van der Waals surface area contributed by atoms with E-state index in [4.69, 9.17) is 9.47 Å². The van der Waals surface area contributed by atoms with Crippen LogP contribution in [-0.4, -0.2) is 47.4 Å². The van der Waals surface area contributed by atoms with Gasteiger partial charge in [-0.25, -0.2) is 0 Å². The van der Waals surface area contributed by atoms with Gasteiger partial charge in [-0.15, -0.1) is 0 Å². The summed E-state index contributed by atoms with van der Waals surface area (Å²) in [5.74, 6) is -0.263. The van der Waals surface area contributed by atoms with Gasteiger partial charge in [0, 0.05) is 24.7 Å². The summed E-state index contributed by atoms with van der Waals surface area (Å²) in [5, 5.41) is 14.2. The first-order valence-electron chi connectivity index (χ1n) is 11.4. The Hall–Kier alpha value is -3.62. The Balaban J connectivity index is 1.73. The van der Waals surface area contributed by atoms with Crippen LogP contribution in [-0.2, 0) is 16.1 Å². The van der Waals surface area contributed by atoms with Crippen LogP contribution in [0.2, 0.25) is 0 Å². The number of amides is 2. The number of carbonyl (C=O) groups excluding carboxylic acids is 2. The molecule has 0 heterocycles. The first-order chi connectivity index (χ1) is 16.3. The van der Waals surface area contributed by atoms with Gasteiger partial charge in [-0.3, -0.25) is 19.7 Å². The van der Waals surface area contributed by atoms with Gasteiger partial charge in [-0.1, -0.05) is 42.7 Å². The van der Waals surface area contributed by atoms with Gasteiger partial charge >= 0.3 is 5.69 Å². The average molecular weight is 470 g/mol. The van der Waals surface area contributed by atoms with Gasteiger partial charge in [-0.05, 0) is 38.3 Å². The lowest BCUT2D eigenvalue weighted by atomic mass is 10.1. The molecule has 1 unspecified atom stereocenters. The Bertz CT molecular complexity index is 1020. The van der Waals surface area contributed by atoms with Crippen LogP contribution in [0.1, 0.15) is 43.7 Å². The van der Waals surface area contributed by atoms with Gasteiger partial charge in [0.2, 0.25) is 11.7 Å². The monoisotopic (exact) mass is 469 g/mol. The normalized spacial score (nSPS) is 14.3. The summed E-state index contributed by atoms with van der Waals surface area (Å²) in [5.41, 5.74) is 1.81. The third kappa shape index (κ3) is 6.46. The fraction of sp³-hybridized carbons (Fsp3) is 0.440. The van der Waals surface area contributed by atoms with E-state index in [9.17, 15) is 19.7 Å². The molecule has 3 rings (SSSR count). The van der Waals surface area contributed by atoms with Gasteiger partial charge < -0.3 is 19.7 Å². The largest absolute Gasteiger partial charge is 0.490 e. The summed E-state index contributed by atoms with van der Waals surface area (Å²) < 4.78 is 10.7. The van der Waals surface area contributed by atoms with Crippen molar-refractivity contribution in [3.05, 3.63) is 63.7 Å². The number of nitro groups is 1. The minimum absolute atomic E-state index is 0.0377. The Morgan fingerprint density at radius 2 is 1.85 bits per heavy atom. The number of nitro benzene ring substituents is 1. The quantitative estimate of drug-likeness (QED) is 0.419. The van der Waals surface area contributed by atoms with Crippen molar-refractivity contribution in [1.29, 1.82) is 0 Å². The number of hydrogen-bond donors (Lipinski definition) is 1. The predicted molar refractivity (Wildman–Crippen MR) is 127 cm³/mol. The second kappa shape index (κ2) is 11.5. The first kappa shape index (κ1) is 25.0. The van der Waals surface area contributed by atoms with Crippen molar-refractivity contribution in [2.45, 2.75) is 58.2 Å². The van der Waals surface area contributed by atoms with Crippen LogP contribution in [0, 0.1) is 17.0 Å². The molecular weight excluding hydrogens is 438 g/mol. The van der Waals surface area contributed by atoms with Crippen LogP contribution in [0.4, 0.5) is 5.69 Å². The minimum Gasteiger partial charge on any atom is -0.490 e. The van der Waals surface area contributed by atoms with E-state index < -0.39 is 11.0 Å². The zero-order chi connectivity index (χ0) is 24.7. The standard InChI is InChI=1S/C25H31N3O6/c1-17-8-10-19(11-9-17)15-27(18(2)25(30)26-20-6-4-5-7-20)24(29)16-34-21-12-13-22(28(31)32)23(14-21)33-3/h8-14,18,20H,4-7,15-16H2,1-3H3,(H,26,30). The van der Waals surface area contributed by atoms with E-state index in [-0.39, 0.29) is 48.2 Å². The van der Waals surface area contributed by atoms with Crippen LogP contribution in [0.3, 0.4) is 0 Å². The lowest BCUT2D eigenvalue weighted by molar-refractivity contribution is -0.385. The molecule has 1 aliphatic carbocycles. The molecule has 9 heteroatoms. The number of methoxy groups -OCH3 is 1. The number of carbonyl (C=O) groups is 2. The summed E-state index contributed by atoms with van der Waals surface area (Å²) >= 11 is 0. The molecule has 0 aliphatic heterocycles. The smallest absolute Gasteiger partial charge is 0.311 e. The molecule has 0 spiro atoms. The van der Waals surface area contributed by atoms with Crippen molar-refractivity contribution in [2.24, 2.45) is 0 Å². The summed E-state index contributed by atoms with van der Waals surface area (Å²) in [6, 6.07) is 11.3. The predicted octanol–water partition coefficient (Wildman–Crippen LogP) is 3.77. The minimum atomic E-state index is -0.690. The van der Waals surface area contributed by atoms with E-state index in [2.05, 4.69) is 5.32 Å². The van der Waals surface area contributed by atoms with E-state index in [1.165, 1.54) is 30.2 Å². The molecule has 1 fully saturated rings. The van der Waals surface area contributed by atoms with Gasteiger partial charge in [0.05, 0.1) is 12.0 Å². The van der Waals surface area contributed by atoms with Crippen molar-refractivity contribution in [3.63, 3.8) is 0 Å². The Morgan fingerprint density at radius 1 is 1.18 bits per heavy atom. The Kier molecular flexibility index (Phi) is 8.45. The zero-order valence-corrected chi connectivity index (χ0v) is 19.8. The van der Waals surface area contributed by atoms with Crippen molar-refractivity contribution in [2.75, 3.05) is 13.7 Å². The van der Waals surface area contributed by atoms with E-state index in [0.717, 1.165) is 36.8 Å². The SMILES string of the molecule is COc1cc(OCC(=O)N(Cc2ccc(C)cc2)C(C)C(=O)NC2CCCC2)ccc1[N+](=O)[O-]. The molecule has 1 N–H and O–H groups in total. The molecule has 2 aromatic carbocycles. The molecule has 1 atom stereocenters. The third-order valence-corrected chi connectivity index (χ3v) is 6.05. The van der Waals surface area contributed by atoms with E-state index in [1.807, 2.05) is 31.2 Å². The molecule has 1 saturated carbocycles. The maximum atomic E-state index is 13.2. The van der Waals surface area contributed by atoms with Crippen LogP contribution >= 0.6 is 0 Å². The van der Waals surface area contributed by atoms with Crippen LogP contribution in [0.15, 0.2) is 42.5 Å². The van der Waals surface area contributed by atoms with Gasteiger partial charge in [-0.2, -0.15) is 0 Å². The zero-order valence-electron chi connectivity index (χ0n) is 19.8. The van der Waals surface area contributed by atoms with Gasteiger partial charge in [0.25, 0.3) is 5.91 Å². The maximum Gasteiger partial charge on any atom is 0.311 e. The number of nitrogens with one attached hydrogen (secondary N) is 1. The molecule has 9 nitrogen and oxygen atoms in total. The van der Waals surface area contributed by atoms with Crippen molar-refractivity contribution in [1.82, 2.24) is 10.2 Å². The molecule has 0 bridgehead atoms. The number of rotatable bonds is 10. The second-order valence-corrected chi connectivity index (χ2v) is 8.55. The fourth-order valence-corrected chi connectivity index (χ4v) is 3.99. The summed E-state index contributed by atoms with van der Waals surface area (Å²) in [6.07, 6.45) is 4.10. The summed E-state index contributed by atoms with van der Waals surface area (Å²) in [4.78, 5) is 38.1. The van der Waals surface area contributed by atoms with E-state index >= 15 is 0 Å². The van der Waals surface area contributed by atoms with Crippen LogP contribution < -0.4 is 14.8 Å². The molecule has 2 amide bonds. The highest BCUT2D eigenvalue weighted by molar-refractivity contribution is 5.88. The molecule has 0 aromatic heterocycles. The Labute approximate surface area is 199 Å². The fourth-order valence-electron chi connectivity index (χ4n) is 3.99. The highest BCUT2D eigenvalue weighted by atomic mass is 16.6. The second-order valence-electron chi connectivity index (χ2n) is 8.55. The van der Waals surface area contributed by atoms with Crippen molar-refractivity contribution in [3.8, 4) is 11.5 Å². The Morgan fingerprint density at radius 3 is 2.47 bits per heavy atom. The molecule has 182 valence electrons. The third-order valence-electron chi connectivity index (χ3n) is 6.05. The molecule has 0 saturated heterocycles. The average Bonchev–Trinajstić information content (AvgIpc) is 3.34. The van der Waals surface area contributed by atoms with E-state index in [0.29, 0.717) is 0 Å². The van der Waals surface area contributed by atoms with E-state index in [1.54, 1.807) is 6.92 Å². The van der Waals surface area contributed by atoms with Crippen molar-refractivity contribution < 1.29 is 24.0 Å². The molecular formula is C25H31N3O6. The molecule has 0 radical (unpaired) electrons. The maximum absolute atomic E-state index is 13.2. The number of nitrogens with zero attached hydrogens (tertiary/aromatic N) is 2. The number of ether oxygens (including phenoxy) is 2. The van der Waals surface area contributed by atoms with Gasteiger partial charge in [0.15, 0.2) is 6.61 Å². The molecule has 1 aliphatic rings. The van der Waals surface area contributed by atoms with Gasteiger partial charge in [0.1, 0.15) is 11.8 Å². The highest BCUT2D eigenvalue weighted by Crippen LogP contribution is 2.30. The lowest BCUT2D eigenvalue weighted by Crippen LogP contribution is -2.50. The molecule has 2 aromatic rings. The number of hydrogen-bond acceptors (Lipinski definition) is 6. The topological polar surface area (TPSA) is 111 Å². The highest BCUT2D eigenvalue weighted by Gasteiger charge is 2.29. The summed E-state index contributed by atoms with van der Waals surface area (Å²) in [6.45, 7) is 3.63. The number of benzene rings is 2. The van der Waals surface area contributed by atoms with Crippen molar-refractivity contribution >= 4 is 17.5 Å². The number of aryl methyl sites for hydroxylation is 1. The first-order valence-corrected chi connectivity index (χ1v) is 11.4. The lowest BCUT2D eigenvalue weighted by Gasteiger charge is -2.29. The summed E-state index contributed by atoms with van der Waals surface area (Å²) in [7, 11) is 1.32. The molecule has 34 heavy (non-hydrogen) atoms. The van der Waals surface area contributed by atoms with Crippen LogP contribution in [0.25, 0.3) is 0 Å².